The number of rotatable bonds is 7. The van der Waals surface area contributed by atoms with E-state index in [0.29, 0.717) is 30.5 Å². The van der Waals surface area contributed by atoms with Crippen molar-refractivity contribution >= 4 is 17.5 Å². The molecule has 1 aliphatic carbocycles. The summed E-state index contributed by atoms with van der Waals surface area (Å²) in [5.41, 5.74) is 2.08. The van der Waals surface area contributed by atoms with E-state index in [0.717, 1.165) is 49.5 Å². The summed E-state index contributed by atoms with van der Waals surface area (Å²) in [5, 5.41) is 3.61. The maximum atomic E-state index is 13.2. The highest BCUT2D eigenvalue weighted by Gasteiger charge is 2.54. The number of carbonyl (C=O) groups excluding carboxylic acids is 1. The number of halogens is 3. The van der Waals surface area contributed by atoms with E-state index >= 15 is 0 Å². The molecule has 0 radical (unpaired) electrons. The zero-order valence-corrected chi connectivity index (χ0v) is 19.5. The predicted molar refractivity (Wildman–Crippen MR) is 121 cm³/mol. The minimum atomic E-state index is -2.58. The number of alkyl halides is 2. The van der Waals surface area contributed by atoms with Gasteiger partial charge in [0.2, 0.25) is 11.8 Å². The Hall–Kier alpha value is -2.03. The summed E-state index contributed by atoms with van der Waals surface area (Å²) in [6.45, 7) is 5.72. The van der Waals surface area contributed by atoms with E-state index in [1.54, 1.807) is 4.90 Å². The van der Waals surface area contributed by atoms with Crippen molar-refractivity contribution in [1.29, 1.82) is 0 Å². The van der Waals surface area contributed by atoms with Crippen LogP contribution in [0.4, 0.5) is 8.78 Å². The molecule has 1 aromatic carbocycles. The molecular formula is C24H29ClF2N4O2. The molecule has 0 atom stereocenters. The minimum absolute atomic E-state index is 0.0393. The van der Waals surface area contributed by atoms with Crippen LogP contribution in [0.3, 0.4) is 0 Å². The first-order valence-corrected chi connectivity index (χ1v) is 11.9. The molecule has 0 unspecified atom stereocenters. The van der Waals surface area contributed by atoms with Crippen LogP contribution >= 0.6 is 11.6 Å². The molecule has 1 aromatic heterocycles. The molecule has 0 bridgehead atoms. The number of likely N-dealkylation sites (tertiary alicyclic amines) is 2. The molecular weight excluding hydrogens is 450 g/mol. The fraction of sp³-hybridized carbons (Fsp3) is 0.583. The largest absolute Gasteiger partial charge is 0.441 e. The van der Waals surface area contributed by atoms with Gasteiger partial charge < -0.3 is 9.73 Å². The molecule has 3 aliphatic rings. The SMILES string of the molecule is Cc1oc(-c2ccc(Cl)cc2)nc1CN1CC2(CC(C(=O)NCCN3CCC(F)(F)C3)C2)C1. The van der Waals surface area contributed by atoms with Gasteiger partial charge in [-0.1, -0.05) is 11.6 Å². The Morgan fingerprint density at radius 3 is 2.61 bits per heavy atom. The average molecular weight is 479 g/mol. The molecule has 1 saturated carbocycles. The van der Waals surface area contributed by atoms with Gasteiger partial charge in [-0.2, -0.15) is 0 Å². The number of aryl methyl sites for hydroxylation is 1. The van der Waals surface area contributed by atoms with E-state index in [2.05, 4.69) is 15.2 Å². The van der Waals surface area contributed by atoms with Crippen LogP contribution < -0.4 is 5.32 Å². The highest BCUT2D eigenvalue weighted by Crippen LogP contribution is 2.52. The third-order valence-corrected chi connectivity index (χ3v) is 7.43. The number of aromatic nitrogens is 1. The zero-order valence-electron chi connectivity index (χ0n) is 18.7. The Morgan fingerprint density at radius 1 is 1.21 bits per heavy atom. The summed E-state index contributed by atoms with van der Waals surface area (Å²) in [4.78, 5) is 21.1. The van der Waals surface area contributed by atoms with Gasteiger partial charge in [0.05, 0.1) is 12.2 Å². The van der Waals surface area contributed by atoms with Crippen LogP contribution in [-0.2, 0) is 11.3 Å². The van der Waals surface area contributed by atoms with Crippen molar-refractivity contribution in [3.05, 3.63) is 40.7 Å². The maximum Gasteiger partial charge on any atom is 0.261 e. The Kier molecular flexibility index (Phi) is 5.95. The number of hydrogen-bond acceptors (Lipinski definition) is 5. The molecule has 1 N–H and O–H groups in total. The number of nitrogens with zero attached hydrogens (tertiary/aromatic N) is 3. The minimum Gasteiger partial charge on any atom is -0.441 e. The van der Waals surface area contributed by atoms with Gasteiger partial charge in [-0.15, -0.1) is 0 Å². The number of nitrogens with one attached hydrogen (secondary N) is 1. The second-order valence-electron chi connectivity index (χ2n) is 9.95. The lowest BCUT2D eigenvalue weighted by Gasteiger charge is -2.58. The first-order valence-electron chi connectivity index (χ1n) is 11.5. The molecule has 3 fully saturated rings. The molecule has 9 heteroatoms. The summed E-state index contributed by atoms with van der Waals surface area (Å²) >= 11 is 5.96. The molecule has 3 heterocycles. The van der Waals surface area contributed by atoms with Crippen molar-refractivity contribution in [2.75, 3.05) is 39.3 Å². The zero-order chi connectivity index (χ0) is 23.2. The van der Waals surface area contributed by atoms with Gasteiger partial charge >= 0.3 is 0 Å². The first-order chi connectivity index (χ1) is 15.7. The lowest BCUT2D eigenvalue weighted by molar-refractivity contribution is -0.145. The van der Waals surface area contributed by atoms with E-state index in [4.69, 9.17) is 16.0 Å². The summed E-state index contributed by atoms with van der Waals surface area (Å²) < 4.78 is 32.3. The van der Waals surface area contributed by atoms with E-state index in [9.17, 15) is 13.6 Å². The molecule has 1 spiro atoms. The third kappa shape index (κ3) is 4.93. The number of carbonyl (C=O) groups is 1. The predicted octanol–water partition coefficient (Wildman–Crippen LogP) is 3.97. The standard InChI is InChI=1S/C24H29ClF2N4O2/c1-16-20(29-22(33-16)17-2-4-19(25)5-3-17)12-31-13-23(14-31)10-18(11-23)21(32)28-7-9-30-8-6-24(26,27)15-30/h2-5,18H,6-15H2,1H3,(H,28,32). The topological polar surface area (TPSA) is 61.6 Å². The van der Waals surface area contributed by atoms with Gasteiger partial charge in [-0.25, -0.2) is 13.8 Å². The fourth-order valence-electron chi connectivity index (χ4n) is 5.43. The molecule has 178 valence electrons. The Morgan fingerprint density at radius 2 is 1.94 bits per heavy atom. The second kappa shape index (κ2) is 8.64. The normalized spacial score (nSPS) is 22.3. The molecule has 2 aromatic rings. The quantitative estimate of drug-likeness (QED) is 0.652. The molecule has 5 rings (SSSR count). The molecule has 33 heavy (non-hydrogen) atoms. The summed E-state index contributed by atoms with van der Waals surface area (Å²) in [5.74, 6) is -1.06. The molecule has 6 nitrogen and oxygen atoms in total. The van der Waals surface area contributed by atoms with Crippen molar-refractivity contribution in [3.63, 3.8) is 0 Å². The maximum absolute atomic E-state index is 13.2. The van der Waals surface area contributed by atoms with Crippen LogP contribution in [0.1, 0.15) is 30.7 Å². The van der Waals surface area contributed by atoms with Crippen LogP contribution in [0.2, 0.25) is 5.02 Å². The van der Waals surface area contributed by atoms with Gasteiger partial charge in [0.1, 0.15) is 5.76 Å². The van der Waals surface area contributed by atoms with Gasteiger partial charge in [-0.3, -0.25) is 14.6 Å². The van der Waals surface area contributed by atoms with E-state index in [-0.39, 0.29) is 30.2 Å². The van der Waals surface area contributed by atoms with Crippen LogP contribution in [0.15, 0.2) is 28.7 Å². The summed E-state index contributed by atoms with van der Waals surface area (Å²) in [6, 6.07) is 7.44. The van der Waals surface area contributed by atoms with Crippen LogP contribution in [0, 0.1) is 18.3 Å². The lowest BCUT2D eigenvalue weighted by atomic mass is 9.57. The van der Waals surface area contributed by atoms with Crippen LogP contribution in [0.25, 0.3) is 11.5 Å². The second-order valence-corrected chi connectivity index (χ2v) is 10.4. The van der Waals surface area contributed by atoms with Gasteiger partial charge in [0.15, 0.2) is 0 Å². The number of amides is 1. The molecule has 1 amide bonds. The number of hydrogen-bond donors (Lipinski definition) is 1. The number of oxazole rings is 1. The van der Waals surface area contributed by atoms with Crippen LogP contribution in [-0.4, -0.2) is 65.9 Å². The van der Waals surface area contributed by atoms with Crippen LogP contribution in [0.5, 0.6) is 0 Å². The van der Waals surface area contributed by atoms with Crippen molar-refractivity contribution in [1.82, 2.24) is 20.1 Å². The van der Waals surface area contributed by atoms with Gasteiger partial charge in [0, 0.05) is 62.2 Å². The summed E-state index contributed by atoms with van der Waals surface area (Å²) in [6.07, 6.45) is 1.70. The van der Waals surface area contributed by atoms with Gasteiger partial charge in [-0.05, 0) is 49.4 Å². The van der Waals surface area contributed by atoms with Crippen molar-refractivity contribution < 1.29 is 18.0 Å². The van der Waals surface area contributed by atoms with E-state index < -0.39 is 5.92 Å². The molecule has 2 saturated heterocycles. The van der Waals surface area contributed by atoms with Crippen molar-refractivity contribution in [2.45, 2.75) is 38.7 Å². The van der Waals surface area contributed by atoms with Gasteiger partial charge in [0.25, 0.3) is 5.92 Å². The summed E-state index contributed by atoms with van der Waals surface area (Å²) in [7, 11) is 0. The molecule has 2 aliphatic heterocycles. The first kappa shape index (κ1) is 22.7. The smallest absolute Gasteiger partial charge is 0.261 e. The number of benzene rings is 1. The van der Waals surface area contributed by atoms with E-state index in [1.165, 1.54) is 0 Å². The lowest BCUT2D eigenvalue weighted by Crippen LogP contribution is -2.63. The monoisotopic (exact) mass is 478 g/mol. The van der Waals surface area contributed by atoms with Crippen molar-refractivity contribution in [3.8, 4) is 11.5 Å². The van der Waals surface area contributed by atoms with Crippen molar-refractivity contribution in [2.24, 2.45) is 11.3 Å². The Bertz CT molecular complexity index is 1010. The average Bonchev–Trinajstić information content (AvgIpc) is 3.24. The third-order valence-electron chi connectivity index (χ3n) is 7.18. The Balaban J connectivity index is 1.04. The Labute approximate surface area is 197 Å². The highest BCUT2D eigenvalue weighted by atomic mass is 35.5. The van der Waals surface area contributed by atoms with E-state index in [1.807, 2.05) is 31.2 Å². The highest BCUT2D eigenvalue weighted by molar-refractivity contribution is 6.30. The fourth-order valence-corrected chi connectivity index (χ4v) is 5.55.